The second-order valence-corrected chi connectivity index (χ2v) is 8.25. The predicted octanol–water partition coefficient (Wildman–Crippen LogP) is 2.94. The minimum absolute atomic E-state index is 0.0942. The predicted molar refractivity (Wildman–Crippen MR) is 109 cm³/mol. The van der Waals surface area contributed by atoms with Gasteiger partial charge in [0.2, 0.25) is 15.9 Å². The zero-order valence-corrected chi connectivity index (χ0v) is 17.0. The van der Waals surface area contributed by atoms with E-state index in [-0.39, 0.29) is 11.7 Å². The summed E-state index contributed by atoms with van der Waals surface area (Å²) in [5.41, 5.74) is 2.89. The van der Waals surface area contributed by atoms with Gasteiger partial charge in [-0.05, 0) is 54.8 Å². The Bertz CT molecular complexity index is 988. The average molecular weight is 404 g/mol. The smallest absolute Gasteiger partial charge is 0.236 e. The molecule has 28 heavy (non-hydrogen) atoms. The van der Waals surface area contributed by atoms with Crippen LogP contribution in [0.15, 0.2) is 36.4 Å². The molecular weight excluding hydrogens is 380 g/mol. The van der Waals surface area contributed by atoms with Crippen molar-refractivity contribution in [3.8, 4) is 11.5 Å². The molecule has 7 nitrogen and oxygen atoms in total. The van der Waals surface area contributed by atoms with E-state index < -0.39 is 10.0 Å². The molecule has 1 heterocycles. The van der Waals surface area contributed by atoms with Crippen LogP contribution in [0.25, 0.3) is 0 Å². The van der Waals surface area contributed by atoms with Crippen LogP contribution >= 0.6 is 0 Å². The summed E-state index contributed by atoms with van der Waals surface area (Å²) < 4.78 is 38.3. The summed E-state index contributed by atoms with van der Waals surface area (Å²) in [6.45, 7) is 2.52. The Hall–Kier alpha value is -2.74. The van der Waals surface area contributed by atoms with Gasteiger partial charge in [0.15, 0.2) is 11.5 Å². The Morgan fingerprint density at radius 3 is 2.46 bits per heavy atom. The molecule has 2 aromatic carbocycles. The lowest BCUT2D eigenvalue weighted by atomic mass is 10.0. The molecule has 0 unspecified atom stereocenters. The van der Waals surface area contributed by atoms with E-state index >= 15 is 0 Å². The molecule has 0 saturated carbocycles. The van der Waals surface area contributed by atoms with E-state index in [1.165, 1.54) is 14.2 Å². The van der Waals surface area contributed by atoms with E-state index in [2.05, 4.69) is 4.72 Å². The average Bonchev–Trinajstić information content (AvgIpc) is 2.67. The first-order valence-electron chi connectivity index (χ1n) is 9.01. The molecule has 1 N–H and O–H groups in total. The van der Waals surface area contributed by atoms with E-state index in [0.29, 0.717) is 42.1 Å². The summed E-state index contributed by atoms with van der Waals surface area (Å²) in [6.07, 6.45) is 1.04. The number of sulfonamides is 1. The fourth-order valence-electron chi connectivity index (χ4n) is 3.38. The molecule has 1 aliphatic rings. The highest BCUT2D eigenvalue weighted by molar-refractivity contribution is 7.91. The molecule has 150 valence electrons. The highest BCUT2D eigenvalue weighted by atomic mass is 32.2. The first-order chi connectivity index (χ1) is 13.4. The largest absolute Gasteiger partial charge is 0.493 e. The van der Waals surface area contributed by atoms with Gasteiger partial charge in [-0.15, -0.1) is 0 Å². The summed E-state index contributed by atoms with van der Waals surface area (Å²) in [5, 5.41) is 0. The fourth-order valence-corrected chi connectivity index (χ4v) is 4.55. The molecule has 0 aliphatic carbocycles. The van der Waals surface area contributed by atoms with Gasteiger partial charge in [-0.1, -0.05) is 6.07 Å². The molecule has 0 saturated heterocycles. The van der Waals surface area contributed by atoms with Crippen LogP contribution in [0.5, 0.6) is 11.5 Å². The summed E-state index contributed by atoms with van der Waals surface area (Å²) in [6, 6.07) is 10.3. The lowest BCUT2D eigenvalue weighted by molar-refractivity contribution is -0.118. The quantitative estimate of drug-likeness (QED) is 0.767. The minimum atomic E-state index is -3.62. The van der Waals surface area contributed by atoms with Crippen LogP contribution < -0.4 is 19.1 Å². The maximum atomic E-state index is 12.6. The number of rotatable bonds is 7. The lowest BCUT2D eigenvalue weighted by Crippen LogP contribution is -2.34. The fraction of sp³-hybridized carbons (Fsp3) is 0.350. The van der Waals surface area contributed by atoms with Gasteiger partial charge in [-0.3, -0.25) is 9.52 Å². The molecular formula is C20H24N2O5S. The second-order valence-electron chi connectivity index (χ2n) is 6.53. The number of carbonyl (C=O) groups is 1. The molecule has 0 aromatic heterocycles. The third-order valence-electron chi connectivity index (χ3n) is 4.67. The van der Waals surface area contributed by atoms with Crippen LogP contribution in [0.3, 0.4) is 0 Å². The normalized spacial score (nSPS) is 13.8. The van der Waals surface area contributed by atoms with Crippen LogP contribution in [-0.2, 0) is 27.0 Å². The van der Waals surface area contributed by atoms with Crippen molar-refractivity contribution >= 4 is 27.3 Å². The Balaban J connectivity index is 1.79. The zero-order chi connectivity index (χ0) is 20.3. The van der Waals surface area contributed by atoms with Gasteiger partial charge in [0.1, 0.15) is 0 Å². The Morgan fingerprint density at radius 1 is 1.04 bits per heavy atom. The van der Waals surface area contributed by atoms with Crippen molar-refractivity contribution in [1.82, 2.24) is 0 Å². The molecule has 2 aromatic rings. The van der Waals surface area contributed by atoms with Crippen LogP contribution in [-0.4, -0.2) is 35.1 Å². The Labute approximate surface area is 165 Å². The molecule has 1 aliphatic heterocycles. The standard InChI is InChI=1S/C20H24N2O5S/c1-4-22-17-8-7-16(12-15(17)6-10-20(22)23)21-28(24,25)13-14-5-9-18(26-2)19(11-14)27-3/h5,7-9,11-12,21H,4,6,10,13H2,1-3H3. The maximum Gasteiger partial charge on any atom is 0.236 e. The lowest BCUT2D eigenvalue weighted by Gasteiger charge is -2.28. The summed E-state index contributed by atoms with van der Waals surface area (Å²) in [7, 11) is -0.583. The van der Waals surface area contributed by atoms with E-state index in [1.54, 1.807) is 41.3 Å². The number of carbonyl (C=O) groups excluding carboxylic acids is 1. The second kappa shape index (κ2) is 8.10. The number of nitrogens with zero attached hydrogens (tertiary/aromatic N) is 1. The van der Waals surface area contributed by atoms with E-state index in [1.807, 2.05) is 6.92 Å². The number of hydrogen-bond donors (Lipinski definition) is 1. The summed E-state index contributed by atoms with van der Waals surface area (Å²) >= 11 is 0. The third kappa shape index (κ3) is 4.22. The van der Waals surface area contributed by atoms with Crippen molar-refractivity contribution in [1.29, 1.82) is 0 Å². The van der Waals surface area contributed by atoms with Crippen LogP contribution in [0.1, 0.15) is 24.5 Å². The molecule has 8 heteroatoms. The van der Waals surface area contributed by atoms with Crippen molar-refractivity contribution in [3.63, 3.8) is 0 Å². The number of fused-ring (bicyclic) bond motifs is 1. The number of benzene rings is 2. The highest BCUT2D eigenvalue weighted by Gasteiger charge is 2.23. The number of amides is 1. The third-order valence-corrected chi connectivity index (χ3v) is 5.93. The van der Waals surface area contributed by atoms with E-state index in [4.69, 9.17) is 9.47 Å². The number of aryl methyl sites for hydroxylation is 1. The summed E-state index contributed by atoms with van der Waals surface area (Å²) in [4.78, 5) is 13.7. The van der Waals surface area contributed by atoms with E-state index in [9.17, 15) is 13.2 Å². The molecule has 0 spiro atoms. The van der Waals surface area contributed by atoms with Gasteiger partial charge in [0, 0.05) is 24.3 Å². The van der Waals surface area contributed by atoms with Crippen molar-refractivity contribution in [2.45, 2.75) is 25.5 Å². The molecule has 1 amide bonds. The van der Waals surface area contributed by atoms with Gasteiger partial charge < -0.3 is 14.4 Å². The number of hydrogen-bond acceptors (Lipinski definition) is 5. The maximum absolute atomic E-state index is 12.6. The first kappa shape index (κ1) is 20.0. The molecule has 0 atom stereocenters. The minimum Gasteiger partial charge on any atom is -0.493 e. The van der Waals surface area contributed by atoms with Crippen LogP contribution in [0, 0.1) is 0 Å². The van der Waals surface area contributed by atoms with Crippen molar-refractivity contribution in [2.24, 2.45) is 0 Å². The van der Waals surface area contributed by atoms with E-state index in [0.717, 1.165) is 11.3 Å². The Kier molecular flexibility index (Phi) is 5.79. The van der Waals surface area contributed by atoms with Crippen LogP contribution in [0.4, 0.5) is 11.4 Å². The topological polar surface area (TPSA) is 84.9 Å². The monoisotopic (exact) mass is 404 g/mol. The number of ether oxygens (including phenoxy) is 2. The van der Waals surface area contributed by atoms with Gasteiger partial charge in [-0.25, -0.2) is 8.42 Å². The number of methoxy groups -OCH3 is 2. The van der Waals surface area contributed by atoms with Gasteiger partial charge in [0.25, 0.3) is 0 Å². The van der Waals surface area contributed by atoms with Crippen molar-refractivity contribution in [3.05, 3.63) is 47.5 Å². The molecule has 0 bridgehead atoms. The highest BCUT2D eigenvalue weighted by Crippen LogP contribution is 2.31. The number of nitrogens with one attached hydrogen (secondary N) is 1. The van der Waals surface area contributed by atoms with Gasteiger partial charge >= 0.3 is 0 Å². The van der Waals surface area contributed by atoms with Gasteiger partial charge in [-0.2, -0.15) is 0 Å². The van der Waals surface area contributed by atoms with Crippen LogP contribution in [0.2, 0.25) is 0 Å². The Morgan fingerprint density at radius 2 is 1.79 bits per heavy atom. The SMILES string of the molecule is CCN1C(=O)CCc2cc(NS(=O)(=O)Cc3ccc(OC)c(OC)c3)ccc21. The van der Waals surface area contributed by atoms with Gasteiger partial charge in [0.05, 0.1) is 20.0 Å². The molecule has 3 rings (SSSR count). The zero-order valence-electron chi connectivity index (χ0n) is 16.2. The first-order valence-corrected chi connectivity index (χ1v) is 10.7. The molecule has 0 fully saturated rings. The summed E-state index contributed by atoms with van der Waals surface area (Å²) in [5.74, 6) is 0.927. The molecule has 0 radical (unpaired) electrons. The van der Waals surface area contributed by atoms with Crippen molar-refractivity contribution in [2.75, 3.05) is 30.4 Å². The number of anilines is 2. The van der Waals surface area contributed by atoms with Crippen molar-refractivity contribution < 1.29 is 22.7 Å².